The molecule has 104 valence electrons. The molecule has 0 spiro atoms. The predicted octanol–water partition coefficient (Wildman–Crippen LogP) is 4.25. The van der Waals surface area contributed by atoms with Gasteiger partial charge in [-0.05, 0) is 45.1 Å². The fourth-order valence-corrected chi connectivity index (χ4v) is 5.72. The van der Waals surface area contributed by atoms with E-state index in [-0.39, 0.29) is 10.0 Å². The van der Waals surface area contributed by atoms with Crippen molar-refractivity contribution in [1.29, 1.82) is 0 Å². The van der Waals surface area contributed by atoms with Gasteiger partial charge in [-0.3, -0.25) is 0 Å². The maximum absolute atomic E-state index is 11.7. The van der Waals surface area contributed by atoms with Crippen LogP contribution in [0.15, 0.2) is 12.2 Å². The summed E-state index contributed by atoms with van der Waals surface area (Å²) >= 11 is 4.04. The number of carbonyl (C=O) groups excluding carboxylic acids is 1. The number of hydrogen-bond donors (Lipinski definition) is 0. The Balaban J connectivity index is 2.67. The molecule has 1 saturated heterocycles. The van der Waals surface area contributed by atoms with Gasteiger partial charge in [0.2, 0.25) is 0 Å². The third-order valence-corrected chi connectivity index (χ3v) is 6.58. The lowest BCUT2D eigenvalue weighted by molar-refractivity contribution is -0.152. The van der Waals surface area contributed by atoms with E-state index in [0.29, 0.717) is 5.57 Å². The van der Waals surface area contributed by atoms with Gasteiger partial charge in [0, 0.05) is 12.0 Å². The molecule has 0 aromatic heterocycles. The van der Waals surface area contributed by atoms with Crippen LogP contribution < -0.4 is 0 Å². The number of thioether (sulfide) groups is 2. The summed E-state index contributed by atoms with van der Waals surface area (Å²) in [6.45, 7) is 11.6. The molecule has 1 fully saturated rings. The number of hydrogen-bond acceptors (Lipinski definition) is 4. The van der Waals surface area contributed by atoms with Crippen LogP contribution in [0.25, 0.3) is 0 Å². The van der Waals surface area contributed by atoms with Crippen molar-refractivity contribution in [3.8, 4) is 0 Å². The molecule has 1 rings (SSSR count). The van der Waals surface area contributed by atoms with Gasteiger partial charge in [-0.25, -0.2) is 4.79 Å². The van der Waals surface area contributed by atoms with E-state index in [4.69, 9.17) is 4.74 Å². The molecule has 0 atom stereocenters. The molecular formula is C14H24O2S2. The zero-order valence-corrected chi connectivity index (χ0v) is 13.5. The first-order valence-corrected chi connectivity index (χ1v) is 8.44. The second-order valence-corrected chi connectivity index (χ2v) is 8.64. The molecule has 1 heterocycles. The number of esters is 1. The van der Waals surface area contributed by atoms with E-state index in [9.17, 15) is 4.79 Å². The summed E-state index contributed by atoms with van der Waals surface area (Å²) in [7, 11) is 0. The standard InChI is InChI=1S/C14H24O2S2/c1-6-14(17-8-7-9-18-14)10-13(4,5)16-12(15)11(2)3/h2,6-10H2,1,3-5H3. The molecule has 0 saturated carbocycles. The first-order chi connectivity index (χ1) is 8.30. The van der Waals surface area contributed by atoms with E-state index >= 15 is 0 Å². The van der Waals surface area contributed by atoms with Gasteiger partial charge >= 0.3 is 5.97 Å². The highest BCUT2D eigenvalue weighted by atomic mass is 32.2. The Bertz CT molecular complexity index is 318. The monoisotopic (exact) mass is 288 g/mol. The highest BCUT2D eigenvalue weighted by molar-refractivity contribution is 8.18. The van der Waals surface area contributed by atoms with Crippen molar-refractivity contribution >= 4 is 29.5 Å². The highest BCUT2D eigenvalue weighted by Gasteiger charge is 2.39. The zero-order valence-electron chi connectivity index (χ0n) is 11.9. The highest BCUT2D eigenvalue weighted by Crippen LogP contribution is 2.49. The fourth-order valence-electron chi connectivity index (χ4n) is 2.07. The van der Waals surface area contributed by atoms with Crippen molar-refractivity contribution < 1.29 is 9.53 Å². The maximum atomic E-state index is 11.7. The fraction of sp³-hybridized carbons (Fsp3) is 0.786. The molecule has 0 amide bonds. The average Bonchev–Trinajstić information content (AvgIpc) is 2.28. The summed E-state index contributed by atoms with van der Waals surface area (Å²) in [5.74, 6) is 2.15. The van der Waals surface area contributed by atoms with Crippen molar-refractivity contribution in [1.82, 2.24) is 0 Å². The smallest absolute Gasteiger partial charge is 0.333 e. The second kappa shape index (κ2) is 6.38. The minimum Gasteiger partial charge on any atom is -0.456 e. The van der Waals surface area contributed by atoms with Crippen molar-refractivity contribution in [3.05, 3.63) is 12.2 Å². The second-order valence-electron chi connectivity index (χ2n) is 5.42. The molecule has 0 aliphatic carbocycles. The summed E-state index contributed by atoms with van der Waals surface area (Å²) in [5.41, 5.74) is 0.0428. The van der Waals surface area contributed by atoms with Crippen LogP contribution >= 0.6 is 23.5 Å². The van der Waals surface area contributed by atoms with Crippen LogP contribution in [0.2, 0.25) is 0 Å². The quantitative estimate of drug-likeness (QED) is 0.558. The van der Waals surface area contributed by atoms with Crippen LogP contribution in [-0.2, 0) is 9.53 Å². The summed E-state index contributed by atoms with van der Waals surface area (Å²) in [6.07, 6.45) is 3.28. The number of rotatable bonds is 5. The maximum Gasteiger partial charge on any atom is 0.333 e. The van der Waals surface area contributed by atoms with Crippen molar-refractivity contribution in [2.75, 3.05) is 11.5 Å². The van der Waals surface area contributed by atoms with E-state index in [1.165, 1.54) is 17.9 Å². The summed E-state index contributed by atoms with van der Waals surface area (Å²) in [6, 6.07) is 0. The van der Waals surface area contributed by atoms with Crippen LogP contribution in [0.4, 0.5) is 0 Å². The van der Waals surface area contributed by atoms with Gasteiger partial charge in [0.1, 0.15) is 5.60 Å². The van der Waals surface area contributed by atoms with Crippen LogP contribution in [0.1, 0.15) is 47.0 Å². The molecule has 0 bridgehead atoms. The van der Waals surface area contributed by atoms with Gasteiger partial charge in [0.25, 0.3) is 0 Å². The molecule has 0 N–H and O–H groups in total. The largest absolute Gasteiger partial charge is 0.456 e. The van der Waals surface area contributed by atoms with Crippen molar-refractivity contribution in [2.24, 2.45) is 0 Å². The summed E-state index contributed by atoms with van der Waals surface area (Å²) in [4.78, 5) is 11.7. The molecule has 4 heteroatoms. The SMILES string of the molecule is C=C(C)C(=O)OC(C)(C)CC1(CC)SCCCS1. The Labute approximate surface area is 119 Å². The van der Waals surface area contributed by atoms with Gasteiger partial charge in [-0.1, -0.05) is 13.5 Å². The predicted molar refractivity (Wildman–Crippen MR) is 82.2 cm³/mol. The lowest BCUT2D eigenvalue weighted by Crippen LogP contribution is -2.38. The van der Waals surface area contributed by atoms with E-state index in [1.807, 2.05) is 37.4 Å². The van der Waals surface area contributed by atoms with E-state index in [0.717, 1.165) is 12.8 Å². The van der Waals surface area contributed by atoms with Crippen molar-refractivity contribution in [3.63, 3.8) is 0 Å². The Morgan fingerprint density at radius 2 is 1.94 bits per heavy atom. The molecule has 0 aromatic carbocycles. The first kappa shape index (κ1) is 16.0. The molecule has 1 aliphatic rings. The average molecular weight is 288 g/mol. The first-order valence-electron chi connectivity index (χ1n) is 6.47. The van der Waals surface area contributed by atoms with E-state index < -0.39 is 5.60 Å². The van der Waals surface area contributed by atoms with Gasteiger partial charge < -0.3 is 4.74 Å². The van der Waals surface area contributed by atoms with Crippen LogP contribution in [0, 0.1) is 0 Å². The molecule has 0 unspecified atom stereocenters. The number of carbonyl (C=O) groups is 1. The Kier molecular flexibility index (Phi) is 5.66. The Morgan fingerprint density at radius 3 is 2.39 bits per heavy atom. The minimum atomic E-state index is -0.427. The third kappa shape index (κ3) is 4.54. The lowest BCUT2D eigenvalue weighted by atomic mass is 10.0. The Morgan fingerprint density at radius 1 is 1.39 bits per heavy atom. The zero-order chi connectivity index (χ0) is 13.8. The molecular weight excluding hydrogens is 264 g/mol. The molecule has 0 radical (unpaired) electrons. The molecule has 0 aromatic rings. The molecule has 18 heavy (non-hydrogen) atoms. The van der Waals surface area contributed by atoms with Crippen LogP contribution in [0.3, 0.4) is 0 Å². The van der Waals surface area contributed by atoms with Crippen LogP contribution in [0.5, 0.6) is 0 Å². The van der Waals surface area contributed by atoms with Crippen LogP contribution in [-0.4, -0.2) is 27.2 Å². The summed E-state index contributed by atoms with van der Waals surface area (Å²) in [5, 5.41) is 0. The number of ether oxygens (including phenoxy) is 1. The van der Waals surface area contributed by atoms with Gasteiger partial charge in [0.05, 0.1) is 4.08 Å². The van der Waals surface area contributed by atoms with Crippen molar-refractivity contribution in [2.45, 2.75) is 56.6 Å². The van der Waals surface area contributed by atoms with Gasteiger partial charge in [-0.2, -0.15) is 0 Å². The van der Waals surface area contributed by atoms with E-state index in [1.54, 1.807) is 6.92 Å². The molecule has 1 aliphatic heterocycles. The molecule has 2 nitrogen and oxygen atoms in total. The topological polar surface area (TPSA) is 26.3 Å². The lowest BCUT2D eigenvalue weighted by Gasteiger charge is -2.40. The van der Waals surface area contributed by atoms with Gasteiger partial charge in [0.15, 0.2) is 0 Å². The van der Waals surface area contributed by atoms with E-state index in [2.05, 4.69) is 13.5 Å². The Hall–Kier alpha value is -0.0900. The minimum absolute atomic E-state index is 0.205. The normalized spacial score (nSPS) is 19.3. The van der Waals surface area contributed by atoms with Gasteiger partial charge in [-0.15, -0.1) is 23.5 Å². The third-order valence-electron chi connectivity index (χ3n) is 2.97. The summed E-state index contributed by atoms with van der Waals surface area (Å²) < 4.78 is 5.77.